The first-order valence-corrected chi connectivity index (χ1v) is 7.92. The van der Waals surface area contributed by atoms with E-state index in [1.807, 2.05) is 0 Å². The number of piperidine rings is 2. The van der Waals surface area contributed by atoms with Gasteiger partial charge in [-0.1, -0.05) is 15.9 Å². The van der Waals surface area contributed by atoms with Gasteiger partial charge in [0.05, 0.1) is 0 Å². The maximum Gasteiger partial charge on any atom is 0.137 e. The van der Waals surface area contributed by atoms with Crippen LogP contribution in [0.2, 0.25) is 0 Å². The molecule has 2 fully saturated rings. The number of Topliss-reactive ketones (excluding diaryl/α,β-unsaturated/α-hetero) is 1. The molecule has 2 saturated heterocycles. The molecule has 2 atom stereocenters. The second-order valence-electron chi connectivity index (χ2n) is 5.99. The van der Waals surface area contributed by atoms with Gasteiger partial charge in [0, 0.05) is 35.1 Å². The van der Waals surface area contributed by atoms with Crippen molar-refractivity contribution >= 4 is 27.4 Å². The first-order valence-electron chi connectivity index (χ1n) is 7.13. The summed E-state index contributed by atoms with van der Waals surface area (Å²) in [5.41, 5.74) is 3.87. The fourth-order valence-electron chi connectivity index (χ4n) is 3.67. The van der Waals surface area contributed by atoms with E-state index >= 15 is 0 Å². The maximum absolute atomic E-state index is 11.8. The van der Waals surface area contributed by atoms with Gasteiger partial charge in [0.2, 0.25) is 0 Å². The molecule has 0 radical (unpaired) electrons. The fourth-order valence-corrected chi connectivity index (χ4v) is 3.90. The maximum atomic E-state index is 11.8. The predicted octanol–water partition coefficient (Wildman–Crippen LogP) is 4.16. The highest BCUT2D eigenvalue weighted by Gasteiger charge is 2.37. The smallest absolute Gasteiger partial charge is 0.137 e. The molecule has 3 rings (SSSR count). The molecule has 0 spiro atoms. The molecule has 2 unspecified atom stereocenters. The van der Waals surface area contributed by atoms with Crippen LogP contribution in [-0.4, -0.2) is 17.9 Å². The molecule has 102 valence electrons. The molecule has 0 amide bonds. The third kappa shape index (κ3) is 2.33. The van der Waals surface area contributed by atoms with Crippen molar-refractivity contribution in [2.45, 2.75) is 58.0 Å². The molecule has 2 bridgehead atoms. The molecule has 1 aromatic rings. The molecule has 2 aliphatic rings. The van der Waals surface area contributed by atoms with E-state index < -0.39 is 0 Å². The molecule has 0 saturated carbocycles. The predicted molar refractivity (Wildman–Crippen MR) is 81.8 cm³/mol. The zero-order chi connectivity index (χ0) is 13.6. The second-order valence-corrected chi connectivity index (χ2v) is 6.78. The number of ketones is 1. The van der Waals surface area contributed by atoms with E-state index in [2.05, 4.69) is 46.8 Å². The second kappa shape index (κ2) is 4.93. The Morgan fingerprint density at radius 2 is 1.63 bits per heavy atom. The molecule has 19 heavy (non-hydrogen) atoms. The van der Waals surface area contributed by atoms with E-state index in [0.717, 1.165) is 25.7 Å². The van der Waals surface area contributed by atoms with Crippen LogP contribution in [0.3, 0.4) is 0 Å². The Morgan fingerprint density at radius 1 is 1.11 bits per heavy atom. The Kier molecular flexibility index (Phi) is 3.42. The van der Waals surface area contributed by atoms with Gasteiger partial charge in [0.25, 0.3) is 0 Å². The number of halogens is 1. The highest BCUT2D eigenvalue weighted by molar-refractivity contribution is 9.10. The summed E-state index contributed by atoms with van der Waals surface area (Å²) in [6.45, 7) is 4.29. The van der Waals surface area contributed by atoms with Crippen molar-refractivity contribution in [3.8, 4) is 0 Å². The standard InChI is InChI=1S/C16H20BrNO/c1-10-6-14(7-11(2)16(10)17)18-12-4-3-5-13(18)9-15(19)8-12/h6-7,12-13H,3-5,8-9H2,1-2H3. The number of carbonyl (C=O) groups is 1. The summed E-state index contributed by atoms with van der Waals surface area (Å²) in [6.07, 6.45) is 5.08. The van der Waals surface area contributed by atoms with E-state index in [4.69, 9.17) is 0 Å². The average molecular weight is 322 g/mol. The Hall–Kier alpha value is -0.830. The SMILES string of the molecule is Cc1cc(N2C3CCCC2CC(=O)C3)cc(C)c1Br. The Morgan fingerprint density at radius 3 is 2.16 bits per heavy atom. The Balaban J connectivity index is 1.99. The van der Waals surface area contributed by atoms with E-state index in [-0.39, 0.29) is 0 Å². The number of benzene rings is 1. The van der Waals surface area contributed by atoms with Gasteiger partial charge in [-0.25, -0.2) is 0 Å². The van der Waals surface area contributed by atoms with E-state index in [0.29, 0.717) is 17.9 Å². The highest BCUT2D eigenvalue weighted by atomic mass is 79.9. The summed E-state index contributed by atoms with van der Waals surface area (Å²) in [4.78, 5) is 14.3. The molecule has 0 aromatic heterocycles. The van der Waals surface area contributed by atoms with Gasteiger partial charge in [0.15, 0.2) is 0 Å². The lowest BCUT2D eigenvalue weighted by molar-refractivity contribution is -0.121. The number of hydrogen-bond donors (Lipinski definition) is 0. The summed E-state index contributed by atoms with van der Waals surface area (Å²) in [5.74, 6) is 0.455. The third-order valence-electron chi connectivity index (χ3n) is 4.51. The van der Waals surface area contributed by atoms with Crippen LogP contribution < -0.4 is 4.90 Å². The highest BCUT2D eigenvalue weighted by Crippen LogP contribution is 2.38. The molecule has 1 aromatic carbocycles. The number of carbonyl (C=O) groups excluding carboxylic acids is 1. The average Bonchev–Trinajstić information content (AvgIpc) is 2.34. The number of anilines is 1. The molecule has 0 aliphatic carbocycles. The summed E-state index contributed by atoms with van der Waals surface area (Å²) < 4.78 is 1.20. The van der Waals surface area contributed by atoms with Gasteiger partial charge in [0.1, 0.15) is 5.78 Å². The lowest BCUT2D eigenvalue weighted by Crippen LogP contribution is -2.52. The zero-order valence-corrected chi connectivity index (χ0v) is 13.2. The molecule has 2 nitrogen and oxygen atoms in total. The van der Waals surface area contributed by atoms with Crippen LogP contribution in [0, 0.1) is 13.8 Å². The van der Waals surface area contributed by atoms with Crippen LogP contribution in [0.4, 0.5) is 5.69 Å². The topological polar surface area (TPSA) is 20.3 Å². The first-order chi connectivity index (χ1) is 9.06. The van der Waals surface area contributed by atoms with Gasteiger partial charge in [-0.3, -0.25) is 4.79 Å². The Bertz CT molecular complexity index is 486. The van der Waals surface area contributed by atoms with Crippen LogP contribution in [0.15, 0.2) is 16.6 Å². The van der Waals surface area contributed by atoms with E-state index in [9.17, 15) is 4.79 Å². The van der Waals surface area contributed by atoms with Gasteiger partial charge < -0.3 is 4.90 Å². The van der Waals surface area contributed by atoms with Crippen molar-refractivity contribution in [3.63, 3.8) is 0 Å². The molecular formula is C16H20BrNO. The Labute approximate surface area is 123 Å². The van der Waals surface area contributed by atoms with Gasteiger partial charge in [-0.2, -0.15) is 0 Å². The zero-order valence-electron chi connectivity index (χ0n) is 11.6. The van der Waals surface area contributed by atoms with E-state index in [1.165, 1.54) is 27.7 Å². The van der Waals surface area contributed by atoms with Crippen LogP contribution in [0.5, 0.6) is 0 Å². The first kappa shape index (κ1) is 13.2. The summed E-state index contributed by atoms with van der Waals surface area (Å²) in [6, 6.07) is 5.39. The number of nitrogens with zero attached hydrogens (tertiary/aromatic N) is 1. The van der Waals surface area contributed by atoms with Gasteiger partial charge >= 0.3 is 0 Å². The van der Waals surface area contributed by atoms with Crippen LogP contribution >= 0.6 is 15.9 Å². The number of fused-ring (bicyclic) bond motifs is 2. The van der Waals surface area contributed by atoms with Crippen molar-refractivity contribution in [2.75, 3.05) is 4.90 Å². The summed E-state index contributed by atoms with van der Waals surface area (Å²) >= 11 is 3.64. The molecular weight excluding hydrogens is 302 g/mol. The number of hydrogen-bond acceptors (Lipinski definition) is 2. The van der Waals surface area contributed by atoms with Crippen LogP contribution in [-0.2, 0) is 4.79 Å². The fraction of sp³-hybridized carbons (Fsp3) is 0.562. The quantitative estimate of drug-likeness (QED) is 0.774. The van der Waals surface area contributed by atoms with Crippen LogP contribution in [0.1, 0.15) is 43.2 Å². The summed E-state index contributed by atoms with van der Waals surface area (Å²) in [5, 5.41) is 0. The molecule has 3 heteroatoms. The minimum Gasteiger partial charge on any atom is -0.365 e. The lowest BCUT2D eigenvalue weighted by Gasteiger charge is -2.47. The number of rotatable bonds is 1. The van der Waals surface area contributed by atoms with Gasteiger partial charge in [-0.05, 0) is 56.4 Å². The third-order valence-corrected chi connectivity index (χ3v) is 5.76. The normalized spacial score (nSPS) is 26.7. The van der Waals surface area contributed by atoms with Crippen molar-refractivity contribution in [2.24, 2.45) is 0 Å². The molecule has 2 heterocycles. The molecule has 0 N–H and O–H groups in total. The lowest BCUT2D eigenvalue weighted by atomic mass is 9.83. The summed E-state index contributed by atoms with van der Waals surface area (Å²) in [7, 11) is 0. The van der Waals surface area contributed by atoms with Crippen molar-refractivity contribution in [3.05, 3.63) is 27.7 Å². The monoisotopic (exact) mass is 321 g/mol. The van der Waals surface area contributed by atoms with Crippen molar-refractivity contribution in [1.82, 2.24) is 0 Å². The van der Waals surface area contributed by atoms with Crippen LogP contribution in [0.25, 0.3) is 0 Å². The number of aryl methyl sites for hydroxylation is 2. The molecule has 2 aliphatic heterocycles. The van der Waals surface area contributed by atoms with Crippen molar-refractivity contribution in [1.29, 1.82) is 0 Å². The minimum atomic E-state index is 0.431. The largest absolute Gasteiger partial charge is 0.365 e. The van der Waals surface area contributed by atoms with E-state index in [1.54, 1.807) is 0 Å². The van der Waals surface area contributed by atoms with Crippen molar-refractivity contribution < 1.29 is 4.79 Å². The minimum absolute atomic E-state index is 0.431. The van der Waals surface area contributed by atoms with Gasteiger partial charge in [-0.15, -0.1) is 0 Å².